The van der Waals surface area contributed by atoms with Gasteiger partial charge in [-0.15, -0.1) is 0 Å². The minimum absolute atomic E-state index is 0.0338. The van der Waals surface area contributed by atoms with Gasteiger partial charge in [-0.2, -0.15) is 0 Å². The lowest BCUT2D eigenvalue weighted by molar-refractivity contribution is -0.385. The number of nitrogens with zero attached hydrogens (tertiary/aromatic N) is 3. The van der Waals surface area contributed by atoms with E-state index in [1.165, 1.54) is 60.7 Å². The van der Waals surface area contributed by atoms with Crippen molar-refractivity contribution in [3.05, 3.63) is 134 Å². The van der Waals surface area contributed by atoms with Gasteiger partial charge < -0.3 is 19.2 Å². The molecule has 2 aliphatic heterocycles. The second kappa shape index (κ2) is 17.8. The fraction of sp³-hybridized carbons (Fsp3) is 0.362. The summed E-state index contributed by atoms with van der Waals surface area (Å²) >= 11 is 6.27. The van der Waals surface area contributed by atoms with Gasteiger partial charge in [-0.1, -0.05) is 53.9 Å². The lowest BCUT2D eigenvalue weighted by Gasteiger charge is -2.47. The Morgan fingerprint density at radius 2 is 1.87 bits per heavy atom. The van der Waals surface area contributed by atoms with Crippen LogP contribution in [0.2, 0.25) is 5.02 Å². The number of hydrogen-bond acceptors (Lipinski definition) is 10. The Morgan fingerprint density at radius 3 is 2.61 bits per heavy atom. The molecule has 2 aromatic heterocycles. The van der Waals surface area contributed by atoms with Gasteiger partial charge in [0.15, 0.2) is 0 Å². The molecule has 1 spiro atoms. The summed E-state index contributed by atoms with van der Waals surface area (Å²) in [5.74, 6) is -0.462. The van der Waals surface area contributed by atoms with Crippen LogP contribution >= 0.6 is 11.6 Å². The topological polar surface area (TPSA) is 166 Å². The average Bonchev–Trinajstić information content (AvgIpc) is 3.74. The van der Waals surface area contributed by atoms with Crippen LogP contribution in [0.25, 0.3) is 22.2 Å². The summed E-state index contributed by atoms with van der Waals surface area (Å²) in [4.78, 5) is 34.9. The summed E-state index contributed by atoms with van der Waals surface area (Å²) in [6, 6.07) is 20.7. The maximum Gasteiger partial charge on any atom is 0.273 e. The van der Waals surface area contributed by atoms with Crippen LogP contribution in [0.5, 0.6) is 11.5 Å². The fourth-order valence-electron chi connectivity index (χ4n) is 9.22. The van der Waals surface area contributed by atoms with Crippen molar-refractivity contribution in [2.75, 3.05) is 39.5 Å². The standard InChI is InChI=1S/C47H48ClN5O8S/c48-37-7-2-32(3-8-37)42-27-47(16-1-17-47)18-12-36(42)29-52-20-14-31(15-21-52)34-6-11-41(44(25-34)61-39-24-35-13-19-49-45(35)50-28-39)46(54)51-62(57,58)40-10-5-33(43(26-40)53(55)56)4-9-38-30-59-22-23-60-38/h2-3,5-8,10-11,13-14,19,24-26,28,38H,1,4,9,12,15-18,20-23,27,29-30H2,(H,49,50)(H,51,54). The number of allylic oxidation sites excluding steroid dienone is 1. The third-order valence-corrected chi connectivity index (χ3v) is 14.4. The number of pyridine rings is 1. The van der Waals surface area contributed by atoms with Crippen molar-refractivity contribution in [1.29, 1.82) is 0 Å². The summed E-state index contributed by atoms with van der Waals surface area (Å²) in [6.07, 6.45) is 14.2. The van der Waals surface area contributed by atoms with Crippen molar-refractivity contribution in [2.45, 2.75) is 68.8 Å². The van der Waals surface area contributed by atoms with E-state index in [1.807, 2.05) is 18.2 Å². The number of amides is 1. The first-order valence-electron chi connectivity index (χ1n) is 21.2. The molecule has 1 atom stereocenters. The van der Waals surface area contributed by atoms with E-state index in [0.717, 1.165) is 66.5 Å². The van der Waals surface area contributed by atoms with Gasteiger partial charge in [0.05, 0.1) is 47.5 Å². The van der Waals surface area contributed by atoms with Crippen LogP contribution in [0.4, 0.5) is 5.69 Å². The summed E-state index contributed by atoms with van der Waals surface area (Å²) in [5, 5.41) is 13.6. The van der Waals surface area contributed by atoms with Crippen LogP contribution in [-0.2, 0) is 25.9 Å². The summed E-state index contributed by atoms with van der Waals surface area (Å²) in [7, 11) is -4.55. The number of ether oxygens (including phenoxy) is 3. The molecule has 1 saturated carbocycles. The first-order chi connectivity index (χ1) is 30.0. The molecule has 4 heterocycles. The highest BCUT2D eigenvalue weighted by atomic mass is 35.5. The molecule has 62 heavy (non-hydrogen) atoms. The quantitative estimate of drug-likeness (QED) is 0.0860. The van der Waals surface area contributed by atoms with Crippen molar-refractivity contribution >= 4 is 55.4 Å². The van der Waals surface area contributed by atoms with Crippen LogP contribution in [0.3, 0.4) is 0 Å². The maximum absolute atomic E-state index is 13.9. The monoisotopic (exact) mass is 877 g/mol. The highest BCUT2D eigenvalue weighted by Gasteiger charge is 2.41. The van der Waals surface area contributed by atoms with Crippen molar-refractivity contribution in [3.8, 4) is 11.5 Å². The molecular formula is C47H48ClN5O8S. The lowest BCUT2D eigenvalue weighted by Crippen LogP contribution is -2.36. The molecule has 3 aromatic carbocycles. The number of aryl methyl sites for hydroxylation is 1. The molecule has 9 rings (SSSR count). The SMILES string of the molecule is O=C(NS(=O)(=O)c1ccc(CCC2COCCO2)c([N+](=O)[O-])c1)c1ccc(C2=CCN(CC3=C(c4ccc(Cl)cc4)CC4(CCC4)CC3)CC2)cc1Oc1cnc2[nH]ccc2c1. The van der Waals surface area contributed by atoms with E-state index in [0.29, 0.717) is 48.6 Å². The molecule has 322 valence electrons. The zero-order chi connectivity index (χ0) is 42.8. The molecule has 1 amide bonds. The molecule has 1 saturated heterocycles. The van der Waals surface area contributed by atoms with Gasteiger partial charge in [0, 0.05) is 47.9 Å². The Labute approximate surface area is 365 Å². The zero-order valence-electron chi connectivity index (χ0n) is 34.2. The number of hydrogen-bond donors (Lipinski definition) is 2. The van der Waals surface area contributed by atoms with E-state index in [4.69, 9.17) is 25.8 Å². The average molecular weight is 878 g/mol. The van der Waals surface area contributed by atoms with Crippen molar-refractivity contribution < 1.29 is 32.3 Å². The highest BCUT2D eigenvalue weighted by molar-refractivity contribution is 7.90. The number of aromatic amines is 1. The lowest BCUT2D eigenvalue weighted by atomic mass is 9.59. The van der Waals surface area contributed by atoms with Crippen molar-refractivity contribution in [2.24, 2.45) is 5.41 Å². The van der Waals surface area contributed by atoms with Crippen LogP contribution < -0.4 is 9.46 Å². The molecule has 2 N–H and O–H groups in total. The molecule has 5 aromatic rings. The predicted molar refractivity (Wildman–Crippen MR) is 237 cm³/mol. The smallest absolute Gasteiger partial charge is 0.273 e. The Morgan fingerprint density at radius 1 is 1.03 bits per heavy atom. The number of halogens is 1. The number of benzene rings is 3. The number of aromatic nitrogens is 2. The molecule has 13 nitrogen and oxygen atoms in total. The number of fused-ring (bicyclic) bond motifs is 1. The van der Waals surface area contributed by atoms with Crippen LogP contribution in [-0.4, -0.2) is 79.7 Å². The molecule has 2 fully saturated rings. The molecule has 2 aliphatic carbocycles. The summed E-state index contributed by atoms with van der Waals surface area (Å²) in [5.41, 5.74) is 7.23. The molecule has 0 radical (unpaired) electrons. The van der Waals surface area contributed by atoms with E-state index in [-0.39, 0.29) is 29.5 Å². The van der Waals surface area contributed by atoms with Crippen molar-refractivity contribution in [3.63, 3.8) is 0 Å². The van der Waals surface area contributed by atoms with E-state index in [1.54, 1.807) is 30.5 Å². The van der Waals surface area contributed by atoms with Crippen LogP contribution in [0.15, 0.2) is 102 Å². The van der Waals surface area contributed by atoms with Crippen LogP contribution in [0, 0.1) is 15.5 Å². The number of carbonyl (C=O) groups excluding carboxylic acids is 1. The summed E-state index contributed by atoms with van der Waals surface area (Å²) < 4.78 is 46.9. The zero-order valence-corrected chi connectivity index (χ0v) is 35.8. The minimum Gasteiger partial charge on any atom is -0.455 e. The van der Waals surface area contributed by atoms with Crippen LogP contribution in [0.1, 0.15) is 78.4 Å². The van der Waals surface area contributed by atoms with E-state index < -0.39 is 25.7 Å². The van der Waals surface area contributed by atoms with Gasteiger partial charge >= 0.3 is 0 Å². The van der Waals surface area contributed by atoms with Gasteiger partial charge in [-0.05, 0) is 122 Å². The van der Waals surface area contributed by atoms with Gasteiger partial charge in [0.25, 0.3) is 21.6 Å². The number of nitrogens with one attached hydrogen (secondary N) is 2. The fourth-order valence-corrected chi connectivity index (χ4v) is 10.3. The third kappa shape index (κ3) is 9.20. The first kappa shape index (κ1) is 41.9. The summed E-state index contributed by atoms with van der Waals surface area (Å²) in [6.45, 7) is 3.81. The minimum atomic E-state index is -4.55. The van der Waals surface area contributed by atoms with Gasteiger partial charge in [-0.3, -0.25) is 19.8 Å². The first-order valence-corrected chi connectivity index (χ1v) is 23.0. The Hall–Kier alpha value is -5.38. The maximum atomic E-state index is 13.9. The normalized spacial score (nSPS) is 19.2. The van der Waals surface area contributed by atoms with E-state index in [9.17, 15) is 23.3 Å². The largest absolute Gasteiger partial charge is 0.455 e. The number of nitro benzene ring substituents is 1. The molecule has 4 aliphatic rings. The second-order valence-corrected chi connectivity index (χ2v) is 18.9. The molecule has 15 heteroatoms. The van der Waals surface area contributed by atoms with Crippen molar-refractivity contribution in [1.82, 2.24) is 19.6 Å². The van der Waals surface area contributed by atoms with E-state index >= 15 is 0 Å². The predicted octanol–water partition coefficient (Wildman–Crippen LogP) is 9.28. The number of H-pyrrole nitrogens is 1. The van der Waals surface area contributed by atoms with E-state index in [2.05, 4.69) is 37.8 Å². The number of carbonyl (C=O) groups is 1. The highest BCUT2D eigenvalue weighted by Crippen LogP contribution is 2.55. The molecule has 1 unspecified atom stereocenters. The second-order valence-electron chi connectivity index (χ2n) is 16.8. The Bertz CT molecular complexity index is 2690. The Balaban J connectivity index is 0.949. The molecular weight excluding hydrogens is 830 g/mol. The number of rotatable bonds is 13. The number of sulfonamides is 1. The van der Waals surface area contributed by atoms with Gasteiger partial charge in [0.1, 0.15) is 17.1 Å². The third-order valence-electron chi connectivity index (χ3n) is 12.9. The van der Waals surface area contributed by atoms with Gasteiger partial charge in [-0.25, -0.2) is 18.1 Å². The van der Waals surface area contributed by atoms with Gasteiger partial charge in [0.2, 0.25) is 0 Å². The number of nitro groups is 1. The Kier molecular flexibility index (Phi) is 12.0. The molecule has 0 bridgehead atoms.